The summed E-state index contributed by atoms with van der Waals surface area (Å²) < 4.78 is 0. The molecular formula is C16H16N2OS2. The maximum absolute atomic E-state index is 12.5. The lowest BCUT2D eigenvalue weighted by Gasteiger charge is -2.03. The SMILES string of the molecule is CC(C)Cc1ccc2c(N)c(C(=O)c3cccs3)sc2n1. The van der Waals surface area contributed by atoms with Crippen molar-refractivity contribution in [1.82, 2.24) is 4.98 Å². The molecule has 2 N–H and O–H groups in total. The van der Waals surface area contributed by atoms with E-state index >= 15 is 0 Å². The lowest BCUT2D eigenvalue weighted by molar-refractivity contribution is 0.104. The Bertz CT molecular complexity index is 788. The largest absolute Gasteiger partial charge is 0.397 e. The minimum Gasteiger partial charge on any atom is -0.397 e. The predicted molar refractivity (Wildman–Crippen MR) is 90.3 cm³/mol. The molecule has 3 rings (SSSR count). The molecule has 0 fully saturated rings. The molecular weight excluding hydrogens is 300 g/mol. The fraction of sp³-hybridized carbons (Fsp3) is 0.250. The minimum absolute atomic E-state index is 0.00379. The third-order valence-corrected chi connectivity index (χ3v) is 5.20. The van der Waals surface area contributed by atoms with Crippen LogP contribution in [0.3, 0.4) is 0 Å². The molecule has 0 radical (unpaired) electrons. The summed E-state index contributed by atoms with van der Waals surface area (Å²) >= 11 is 2.83. The number of anilines is 1. The van der Waals surface area contributed by atoms with Crippen molar-refractivity contribution in [2.75, 3.05) is 5.73 Å². The van der Waals surface area contributed by atoms with Gasteiger partial charge in [0.15, 0.2) is 0 Å². The highest BCUT2D eigenvalue weighted by atomic mass is 32.1. The maximum Gasteiger partial charge on any atom is 0.215 e. The zero-order valence-corrected chi connectivity index (χ0v) is 13.6. The number of hydrogen-bond donors (Lipinski definition) is 1. The van der Waals surface area contributed by atoms with Crippen molar-refractivity contribution >= 4 is 44.4 Å². The molecule has 108 valence electrons. The molecule has 0 spiro atoms. The van der Waals surface area contributed by atoms with E-state index in [2.05, 4.69) is 18.8 Å². The van der Waals surface area contributed by atoms with Crippen LogP contribution in [0.15, 0.2) is 29.6 Å². The van der Waals surface area contributed by atoms with Crippen molar-refractivity contribution in [2.24, 2.45) is 5.92 Å². The smallest absolute Gasteiger partial charge is 0.215 e. The second-order valence-electron chi connectivity index (χ2n) is 5.40. The van der Waals surface area contributed by atoms with Crippen LogP contribution >= 0.6 is 22.7 Å². The molecule has 0 aliphatic heterocycles. The van der Waals surface area contributed by atoms with E-state index in [0.717, 1.165) is 27.2 Å². The van der Waals surface area contributed by atoms with E-state index in [-0.39, 0.29) is 5.78 Å². The second kappa shape index (κ2) is 5.58. The Morgan fingerprint density at radius 1 is 1.33 bits per heavy atom. The molecule has 0 aliphatic carbocycles. The normalized spacial score (nSPS) is 11.4. The predicted octanol–water partition coefficient (Wildman–Crippen LogP) is 4.37. The summed E-state index contributed by atoms with van der Waals surface area (Å²) in [7, 11) is 0. The van der Waals surface area contributed by atoms with Gasteiger partial charge < -0.3 is 5.73 Å². The zero-order valence-electron chi connectivity index (χ0n) is 11.9. The van der Waals surface area contributed by atoms with E-state index in [9.17, 15) is 4.79 Å². The number of rotatable bonds is 4. The molecule has 21 heavy (non-hydrogen) atoms. The Kier molecular flexibility index (Phi) is 3.78. The number of nitrogens with two attached hydrogens (primary N) is 1. The van der Waals surface area contributed by atoms with Crippen LogP contribution in [0.4, 0.5) is 5.69 Å². The molecule has 5 heteroatoms. The topological polar surface area (TPSA) is 56.0 Å². The highest BCUT2D eigenvalue weighted by molar-refractivity contribution is 7.22. The fourth-order valence-corrected chi connectivity index (χ4v) is 4.06. The van der Waals surface area contributed by atoms with E-state index in [1.165, 1.54) is 22.7 Å². The number of ketones is 1. The molecule has 0 atom stereocenters. The van der Waals surface area contributed by atoms with Crippen LogP contribution < -0.4 is 5.73 Å². The molecule has 0 amide bonds. The van der Waals surface area contributed by atoms with Gasteiger partial charge in [0, 0.05) is 11.1 Å². The van der Waals surface area contributed by atoms with Crippen LogP contribution in [-0.4, -0.2) is 10.8 Å². The second-order valence-corrected chi connectivity index (χ2v) is 7.35. The molecule has 3 nitrogen and oxygen atoms in total. The summed E-state index contributed by atoms with van der Waals surface area (Å²) in [6.45, 7) is 4.33. The molecule has 3 aromatic heterocycles. The van der Waals surface area contributed by atoms with Crippen molar-refractivity contribution in [2.45, 2.75) is 20.3 Å². The number of carbonyl (C=O) groups is 1. The Balaban J connectivity index is 2.05. The van der Waals surface area contributed by atoms with E-state index < -0.39 is 0 Å². The monoisotopic (exact) mass is 316 g/mol. The first-order chi connectivity index (χ1) is 10.1. The first kappa shape index (κ1) is 14.2. The Morgan fingerprint density at radius 2 is 2.14 bits per heavy atom. The molecule has 0 unspecified atom stereocenters. The summed E-state index contributed by atoms with van der Waals surface area (Å²) in [6.07, 6.45) is 0.932. The fourth-order valence-electron chi connectivity index (χ4n) is 2.26. The van der Waals surface area contributed by atoms with Gasteiger partial charge in [-0.1, -0.05) is 19.9 Å². The van der Waals surface area contributed by atoms with E-state index in [1.807, 2.05) is 29.6 Å². The summed E-state index contributed by atoms with van der Waals surface area (Å²) in [5.41, 5.74) is 7.75. The van der Waals surface area contributed by atoms with Crippen molar-refractivity contribution in [1.29, 1.82) is 0 Å². The molecule has 0 aromatic carbocycles. The van der Waals surface area contributed by atoms with Crippen molar-refractivity contribution in [3.63, 3.8) is 0 Å². The summed E-state index contributed by atoms with van der Waals surface area (Å²) in [6, 6.07) is 7.69. The number of pyridine rings is 1. The van der Waals surface area contributed by atoms with Gasteiger partial charge in [0.05, 0.1) is 10.6 Å². The summed E-state index contributed by atoms with van der Waals surface area (Å²) in [4.78, 5) is 19.3. The van der Waals surface area contributed by atoms with Crippen molar-refractivity contribution in [3.05, 3.63) is 45.1 Å². The first-order valence-corrected chi connectivity index (χ1v) is 8.52. The van der Waals surface area contributed by atoms with Crippen molar-refractivity contribution in [3.8, 4) is 0 Å². The van der Waals surface area contributed by atoms with Gasteiger partial charge in [-0.3, -0.25) is 4.79 Å². The van der Waals surface area contributed by atoms with Crippen LogP contribution in [0.2, 0.25) is 0 Å². The first-order valence-electron chi connectivity index (χ1n) is 6.82. The van der Waals surface area contributed by atoms with Crippen LogP contribution in [0.25, 0.3) is 10.2 Å². The molecule has 0 bridgehead atoms. The van der Waals surface area contributed by atoms with Crippen LogP contribution in [0.5, 0.6) is 0 Å². The number of fused-ring (bicyclic) bond motifs is 1. The molecule has 0 aliphatic rings. The molecule has 3 aromatic rings. The van der Waals surface area contributed by atoms with Gasteiger partial charge in [0.25, 0.3) is 0 Å². The van der Waals surface area contributed by atoms with Gasteiger partial charge in [0.2, 0.25) is 5.78 Å². The number of nitrogen functional groups attached to an aromatic ring is 1. The summed E-state index contributed by atoms with van der Waals surface area (Å²) in [5, 5.41) is 2.78. The lowest BCUT2D eigenvalue weighted by atomic mass is 10.1. The number of hydrogen-bond acceptors (Lipinski definition) is 5. The molecule has 3 heterocycles. The Hall–Kier alpha value is -1.72. The zero-order chi connectivity index (χ0) is 15.0. The number of thiophene rings is 2. The molecule has 0 saturated heterocycles. The maximum atomic E-state index is 12.5. The third kappa shape index (κ3) is 2.71. The Morgan fingerprint density at radius 3 is 2.81 bits per heavy atom. The average molecular weight is 316 g/mol. The van der Waals surface area contributed by atoms with Crippen LogP contribution in [-0.2, 0) is 6.42 Å². The standard InChI is InChI=1S/C16H16N2OS2/c1-9(2)8-10-5-6-11-13(17)15(21-16(11)18-10)14(19)12-4-3-7-20-12/h3-7,9H,8,17H2,1-2H3. The highest BCUT2D eigenvalue weighted by Crippen LogP contribution is 2.35. The quantitative estimate of drug-likeness (QED) is 0.727. The highest BCUT2D eigenvalue weighted by Gasteiger charge is 2.19. The number of nitrogens with zero attached hydrogens (tertiary/aromatic N) is 1. The van der Waals surface area contributed by atoms with Gasteiger partial charge in [-0.05, 0) is 35.9 Å². The van der Waals surface area contributed by atoms with Crippen LogP contribution in [0, 0.1) is 5.92 Å². The van der Waals surface area contributed by atoms with E-state index in [1.54, 1.807) is 0 Å². The van der Waals surface area contributed by atoms with Gasteiger partial charge in [-0.25, -0.2) is 4.98 Å². The summed E-state index contributed by atoms with van der Waals surface area (Å²) in [5.74, 6) is 0.551. The lowest BCUT2D eigenvalue weighted by Crippen LogP contribution is -1.99. The van der Waals surface area contributed by atoms with Gasteiger partial charge in [-0.15, -0.1) is 22.7 Å². The number of carbonyl (C=O) groups excluding carboxylic acids is 1. The van der Waals surface area contributed by atoms with Gasteiger partial charge in [-0.2, -0.15) is 0 Å². The number of aromatic nitrogens is 1. The van der Waals surface area contributed by atoms with Crippen molar-refractivity contribution < 1.29 is 4.79 Å². The molecule has 0 saturated carbocycles. The Labute approximate surface area is 131 Å². The van der Waals surface area contributed by atoms with Crippen LogP contribution in [0.1, 0.15) is 34.1 Å². The minimum atomic E-state index is -0.00379. The average Bonchev–Trinajstić information content (AvgIpc) is 3.06. The van der Waals surface area contributed by atoms with Gasteiger partial charge in [0.1, 0.15) is 9.71 Å². The third-order valence-electron chi connectivity index (χ3n) is 3.22. The van der Waals surface area contributed by atoms with E-state index in [4.69, 9.17) is 5.73 Å². The van der Waals surface area contributed by atoms with E-state index in [0.29, 0.717) is 16.5 Å². The van der Waals surface area contributed by atoms with Gasteiger partial charge >= 0.3 is 0 Å².